The van der Waals surface area contributed by atoms with Gasteiger partial charge in [0.05, 0.1) is 0 Å². The molecule has 4 nitrogen and oxygen atoms in total. The molecule has 0 radical (unpaired) electrons. The Balaban J connectivity index is 2.75. The summed E-state index contributed by atoms with van der Waals surface area (Å²) in [7, 11) is -3.39. The largest absolute Gasteiger partial charge is 0.279 e. The van der Waals surface area contributed by atoms with Crippen LogP contribution in [0, 0.1) is 5.41 Å². The van der Waals surface area contributed by atoms with Crippen LogP contribution in [-0.2, 0) is 10.2 Å². The fourth-order valence-electron chi connectivity index (χ4n) is 2.31. The highest BCUT2D eigenvalue weighted by Gasteiger charge is 2.31. The van der Waals surface area contributed by atoms with Crippen LogP contribution in [0.4, 0.5) is 0 Å². The van der Waals surface area contributed by atoms with Gasteiger partial charge in [-0.25, -0.2) is 0 Å². The number of hydrogen-bond donors (Lipinski definition) is 1. The lowest BCUT2D eigenvalue weighted by atomic mass is 9.86. The molecule has 6 heteroatoms. The van der Waals surface area contributed by atoms with Crippen LogP contribution in [0.1, 0.15) is 52.9 Å². The van der Waals surface area contributed by atoms with Crippen LogP contribution < -0.4 is 4.72 Å². The van der Waals surface area contributed by atoms with Crippen molar-refractivity contribution in [1.29, 1.82) is 0 Å². The zero-order valence-electron chi connectivity index (χ0n) is 12.3. The Morgan fingerprint density at radius 2 is 1.68 bits per heavy atom. The van der Waals surface area contributed by atoms with Crippen LogP contribution in [0.3, 0.4) is 0 Å². The molecule has 1 rings (SSSR count). The molecule has 19 heavy (non-hydrogen) atoms. The Kier molecular flexibility index (Phi) is 6.57. The second kappa shape index (κ2) is 7.25. The first-order valence-electron chi connectivity index (χ1n) is 7.11. The standard InChI is InChI=1S/C13H27ClN2O2S/c1-13(2,3)12(8-9-14)15-19(17,18)16-10-6-4-5-7-11-16/h12,15H,4-11H2,1-3H3. The second-order valence-corrected chi connectivity index (χ2v) is 8.41. The number of nitrogens with zero attached hydrogens (tertiary/aromatic N) is 1. The van der Waals surface area contributed by atoms with Crippen molar-refractivity contribution >= 4 is 21.8 Å². The number of halogens is 1. The lowest BCUT2D eigenvalue weighted by molar-refractivity contribution is 0.284. The quantitative estimate of drug-likeness (QED) is 0.794. The minimum absolute atomic E-state index is 0.127. The molecular formula is C13H27ClN2O2S. The summed E-state index contributed by atoms with van der Waals surface area (Å²) >= 11 is 5.79. The van der Waals surface area contributed by atoms with Gasteiger partial charge in [-0.3, -0.25) is 0 Å². The summed E-state index contributed by atoms with van der Waals surface area (Å²) in [6, 6.07) is -0.127. The Bertz CT molecular complexity index is 357. The van der Waals surface area contributed by atoms with Gasteiger partial charge in [0.15, 0.2) is 0 Å². The molecule has 1 aliphatic heterocycles. The van der Waals surface area contributed by atoms with E-state index in [2.05, 4.69) is 4.72 Å². The number of nitrogens with one attached hydrogen (secondary N) is 1. The maximum Gasteiger partial charge on any atom is 0.279 e. The van der Waals surface area contributed by atoms with Crippen molar-refractivity contribution < 1.29 is 8.42 Å². The van der Waals surface area contributed by atoms with Gasteiger partial charge in [-0.15, -0.1) is 11.6 Å². The fourth-order valence-corrected chi connectivity index (χ4v) is 4.25. The summed E-state index contributed by atoms with van der Waals surface area (Å²) in [4.78, 5) is 0. The van der Waals surface area contributed by atoms with E-state index in [1.54, 1.807) is 4.31 Å². The molecule has 0 aliphatic carbocycles. The van der Waals surface area contributed by atoms with E-state index in [1.807, 2.05) is 20.8 Å². The molecule has 1 aliphatic rings. The van der Waals surface area contributed by atoms with Crippen LogP contribution >= 0.6 is 11.6 Å². The second-order valence-electron chi connectivity index (χ2n) is 6.33. The average Bonchev–Trinajstić information content (AvgIpc) is 2.55. The van der Waals surface area contributed by atoms with Crippen molar-refractivity contribution in [1.82, 2.24) is 9.03 Å². The monoisotopic (exact) mass is 310 g/mol. The van der Waals surface area contributed by atoms with Crippen molar-refractivity contribution in [3.63, 3.8) is 0 Å². The molecule has 0 spiro atoms. The van der Waals surface area contributed by atoms with Crippen molar-refractivity contribution in [2.45, 2.75) is 58.9 Å². The maximum atomic E-state index is 12.4. The molecule has 0 aromatic rings. The zero-order valence-corrected chi connectivity index (χ0v) is 13.9. The molecule has 114 valence electrons. The van der Waals surface area contributed by atoms with Gasteiger partial charge in [0.25, 0.3) is 10.2 Å². The number of rotatable bonds is 5. The highest BCUT2D eigenvalue weighted by atomic mass is 35.5. The van der Waals surface area contributed by atoms with E-state index in [4.69, 9.17) is 11.6 Å². The minimum atomic E-state index is -3.39. The van der Waals surface area contributed by atoms with Crippen LogP contribution in [0.15, 0.2) is 0 Å². The highest BCUT2D eigenvalue weighted by Crippen LogP contribution is 2.24. The van der Waals surface area contributed by atoms with Gasteiger partial charge < -0.3 is 0 Å². The highest BCUT2D eigenvalue weighted by molar-refractivity contribution is 7.87. The lowest BCUT2D eigenvalue weighted by Crippen LogP contribution is -2.50. The molecule has 1 fully saturated rings. The summed E-state index contributed by atoms with van der Waals surface area (Å²) in [5.41, 5.74) is -0.131. The molecule has 1 heterocycles. The zero-order chi connectivity index (χ0) is 14.5. The molecule has 0 bridgehead atoms. The van der Waals surface area contributed by atoms with Crippen LogP contribution in [0.25, 0.3) is 0 Å². The van der Waals surface area contributed by atoms with Gasteiger partial charge in [0.2, 0.25) is 0 Å². The van der Waals surface area contributed by atoms with Gasteiger partial charge in [-0.1, -0.05) is 33.6 Å². The Hall–Kier alpha value is 0.160. The fraction of sp³-hybridized carbons (Fsp3) is 1.00. The third-order valence-corrected chi connectivity index (χ3v) is 5.48. The maximum absolute atomic E-state index is 12.4. The van der Waals surface area contributed by atoms with Gasteiger partial charge in [-0.05, 0) is 24.7 Å². The molecule has 1 N–H and O–H groups in total. The normalized spacial score (nSPS) is 21.1. The predicted molar refractivity (Wildman–Crippen MR) is 80.7 cm³/mol. The smallest absolute Gasteiger partial charge is 0.198 e. The first kappa shape index (κ1) is 17.2. The van der Waals surface area contributed by atoms with Crippen molar-refractivity contribution in [2.24, 2.45) is 5.41 Å². The van der Waals surface area contributed by atoms with Gasteiger partial charge in [0, 0.05) is 25.0 Å². The average molecular weight is 311 g/mol. The Morgan fingerprint density at radius 1 is 1.16 bits per heavy atom. The summed E-state index contributed by atoms with van der Waals surface area (Å²) in [6.45, 7) is 7.37. The van der Waals surface area contributed by atoms with E-state index in [0.717, 1.165) is 25.7 Å². The van der Waals surface area contributed by atoms with Crippen LogP contribution in [-0.4, -0.2) is 37.7 Å². The van der Waals surface area contributed by atoms with Crippen LogP contribution in [0.5, 0.6) is 0 Å². The van der Waals surface area contributed by atoms with Crippen LogP contribution in [0.2, 0.25) is 0 Å². The molecule has 1 saturated heterocycles. The van der Waals surface area contributed by atoms with Crippen molar-refractivity contribution in [2.75, 3.05) is 19.0 Å². The van der Waals surface area contributed by atoms with E-state index in [0.29, 0.717) is 25.4 Å². The summed E-state index contributed by atoms with van der Waals surface area (Å²) in [5.74, 6) is 0.463. The van der Waals surface area contributed by atoms with Gasteiger partial charge in [-0.2, -0.15) is 17.4 Å². The first-order valence-corrected chi connectivity index (χ1v) is 9.08. The van der Waals surface area contributed by atoms with Crippen molar-refractivity contribution in [3.05, 3.63) is 0 Å². The van der Waals surface area contributed by atoms with Gasteiger partial charge in [0.1, 0.15) is 0 Å². The topological polar surface area (TPSA) is 49.4 Å². The van der Waals surface area contributed by atoms with Crippen molar-refractivity contribution in [3.8, 4) is 0 Å². The first-order chi connectivity index (χ1) is 8.77. The van der Waals surface area contributed by atoms with E-state index < -0.39 is 10.2 Å². The molecule has 0 amide bonds. The summed E-state index contributed by atoms with van der Waals surface area (Å²) < 4.78 is 29.3. The van der Waals surface area contributed by atoms with E-state index in [9.17, 15) is 8.42 Å². The molecule has 1 atom stereocenters. The molecule has 0 aromatic heterocycles. The predicted octanol–water partition coefficient (Wildman–Crippen LogP) is 2.74. The molecule has 0 aromatic carbocycles. The molecule has 1 unspecified atom stereocenters. The minimum Gasteiger partial charge on any atom is -0.198 e. The van der Waals surface area contributed by atoms with Gasteiger partial charge >= 0.3 is 0 Å². The summed E-state index contributed by atoms with van der Waals surface area (Å²) in [5, 5.41) is 0. The molecule has 0 saturated carbocycles. The lowest BCUT2D eigenvalue weighted by Gasteiger charge is -2.33. The third kappa shape index (κ3) is 5.58. The van der Waals surface area contributed by atoms with E-state index >= 15 is 0 Å². The van der Waals surface area contributed by atoms with E-state index in [1.165, 1.54) is 0 Å². The Morgan fingerprint density at radius 3 is 2.11 bits per heavy atom. The Labute approximate surface area is 123 Å². The SMILES string of the molecule is CC(C)(C)C(CCCl)NS(=O)(=O)N1CCCCCC1. The number of alkyl halides is 1. The third-order valence-electron chi connectivity index (χ3n) is 3.64. The number of hydrogen-bond acceptors (Lipinski definition) is 2. The van der Waals surface area contributed by atoms with E-state index in [-0.39, 0.29) is 11.5 Å². The molecular weight excluding hydrogens is 284 g/mol. The summed E-state index contributed by atoms with van der Waals surface area (Å²) in [6.07, 6.45) is 4.80.